The predicted octanol–water partition coefficient (Wildman–Crippen LogP) is 2.89. The molecule has 0 unspecified atom stereocenters. The second-order valence-corrected chi connectivity index (χ2v) is 7.00. The summed E-state index contributed by atoms with van der Waals surface area (Å²) in [7, 11) is 1.60. The number of hydrogen-bond donors (Lipinski definition) is 2. The van der Waals surface area contributed by atoms with Crippen LogP contribution in [0.15, 0.2) is 54.7 Å². The average Bonchev–Trinajstić information content (AvgIpc) is 3.32. The maximum absolute atomic E-state index is 12.5. The fourth-order valence-corrected chi connectivity index (χ4v) is 3.70. The van der Waals surface area contributed by atoms with E-state index in [1.165, 1.54) is 10.9 Å². The zero-order chi connectivity index (χ0) is 19.5. The van der Waals surface area contributed by atoms with Crippen LogP contribution in [0.25, 0.3) is 10.9 Å². The van der Waals surface area contributed by atoms with Gasteiger partial charge >= 0.3 is 0 Å². The van der Waals surface area contributed by atoms with Crippen LogP contribution in [0.5, 0.6) is 5.75 Å². The van der Waals surface area contributed by atoms with Gasteiger partial charge in [-0.3, -0.25) is 9.59 Å². The predicted molar refractivity (Wildman–Crippen MR) is 108 cm³/mol. The molecule has 6 heteroatoms. The third-order valence-corrected chi connectivity index (χ3v) is 5.25. The lowest BCUT2D eigenvalue weighted by Crippen LogP contribution is -2.34. The first-order valence-electron chi connectivity index (χ1n) is 9.43. The maximum atomic E-state index is 12.5. The van der Waals surface area contributed by atoms with Crippen molar-refractivity contribution < 1.29 is 14.3 Å². The summed E-state index contributed by atoms with van der Waals surface area (Å²) in [6.45, 7) is 0.956. The van der Waals surface area contributed by atoms with Crippen LogP contribution in [0.3, 0.4) is 0 Å². The Balaban J connectivity index is 1.33. The average molecular weight is 377 g/mol. The number of aromatic nitrogens is 1. The van der Waals surface area contributed by atoms with Gasteiger partial charge in [0.2, 0.25) is 11.8 Å². The molecule has 1 aromatic heterocycles. The lowest BCUT2D eigenvalue weighted by Gasteiger charge is -2.17. The minimum atomic E-state index is -0.322. The molecule has 1 aliphatic rings. The Bertz CT molecular complexity index is 994. The van der Waals surface area contributed by atoms with E-state index < -0.39 is 0 Å². The Morgan fingerprint density at radius 3 is 2.79 bits per heavy atom. The Labute approximate surface area is 163 Å². The first kappa shape index (κ1) is 18.1. The number of H-pyrrole nitrogens is 1. The van der Waals surface area contributed by atoms with Crippen molar-refractivity contribution in [1.82, 2.24) is 10.3 Å². The molecule has 0 saturated carbocycles. The number of aromatic amines is 1. The van der Waals surface area contributed by atoms with Gasteiger partial charge in [0.05, 0.1) is 13.0 Å². The smallest absolute Gasteiger partial charge is 0.227 e. The number of rotatable bonds is 6. The van der Waals surface area contributed by atoms with Gasteiger partial charge in [0, 0.05) is 42.3 Å². The van der Waals surface area contributed by atoms with Crippen molar-refractivity contribution >= 4 is 28.4 Å². The molecule has 2 aromatic carbocycles. The van der Waals surface area contributed by atoms with Crippen molar-refractivity contribution in [1.29, 1.82) is 0 Å². The molecule has 0 radical (unpaired) electrons. The highest BCUT2D eigenvalue weighted by Gasteiger charge is 2.34. The van der Waals surface area contributed by atoms with Gasteiger partial charge in [0.15, 0.2) is 0 Å². The third-order valence-electron chi connectivity index (χ3n) is 5.25. The van der Waals surface area contributed by atoms with E-state index in [-0.39, 0.29) is 24.2 Å². The highest BCUT2D eigenvalue weighted by molar-refractivity contribution is 6.00. The number of para-hydroxylation sites is 1. The molecule has 2 amide bonds. The number of hydrogen-bond acceptors (Lipinski definition) is 3. The Hall–Kier alpha value is -3.28. The van der Waals surface area contributed by atoms with Crippen LogP contribution in [0.2, 0.25) is 0 Å². The molecule has 0 bridgehead atoms. The Morgan fingerprint density at radius 1 is 1.21 bits per heavy atom. The molecule has 1 aliphatic heterocycles. The topological polar surface area (TPSA) is 74.4 Å². The van der Waals surface area contributed by atoms with Crippen LogP contribution >= 0.6 is 0 Å². The Kier molecular flexibility index (Phi) is 5.02. The van der Waals surface area contributed by atoms with Crippen molar-refractivity contribution in [3.63, 3.8) is 0 Å². The molecular formula is C22H23N3O3. The molecule has 28 heavy (non-hydrogen) atoms. The van der Waals surface area contributed by atoms with Crippen molar-refractivity contribution in [2.45, 2.75) is 12.8 Å². The number of anilines is 1. The third kappa shape index (κ3) is 3.58. The summed E-state index contributed by atoms with van der Waals surface area (Å²) < 4.78 is 5.15. The number of carbonyl (C=O) groups is 2. The summed E-state index contributed by atoms with van der Waals surface area (Å²) in [6.07, 6.45) is 2.98. The van der Waals surface area contributed by atoms with Crippen LogP contribution in [0.4, 0.5) is 5.69 Å². The number of ether oxygens (including phenoxy) is 1. The molecule has 1 atom stereocenters. The highest BCUT2D eigenvalue weighted by Crippen LogP contribution is 2.27. The van der Waals surface area contributed by atoms with Gasteiger partial charge in [0.25, 0.3) is 0 Å². The highest BCUT2D eigenvalue weighted by atomic mass is 16.5. The summed E-state index contributed by atoms with van der Waals surface area (Å²) in [5.74, 6) is 0.325. The van der Waals surface area contributed by atoms with Crippen molar-refractivity contribution in [3.05, 3.63) is 60.3 Å². The van der Waals surface area contributed by atoms with Gasteiger partial charge in [-0.15, -0.1) is 0 Å². The van der Waals surface area contributed by atoms with Gasteiger partial charge in [-0.05, 0) is 42.3 Å². The number of amides is 2. The summed E-state index contributed by atoms with van der Waals surface area (Å²) in [5.41, 5.74) is 3.07. The van der Waals surface area contributed by atoms with Crippen LogP contribution in [0, 0.1) is 5.92 Å². The quantitative estimate of drug-likeness (QED) is 0.694. The normalized spacial score (nSPS) is 16.5. The number of carbonyl (C=O) groups excluding carboxylic acids is 2. The number of fused-ring (bicyclic) bond motifs is 1. The fraction of sp³-hybridized carbons (Fsp3) is 0.273. The lowest BCUT2D eigenvalue weighted by atomic mass is 10.1. The first-order valence-corrected chi connectivity index (χ1v) is 9.43. The second-order valence-electron chi connectivity index (χ2n) is 7.00. The minimum absolute atomic E-state index is 0.0260. The van der Waals surface area contributed by atoms with E-state index in [1.807, 2.05) is 48.7 Å². The maximum Gasteiger partial charge on any atom is 0.227 e. The van der Waals surface area contributed by atoms with E-state index in [4.69, 9.17) is 4.74 Å². The lowest BCUT2D eigenvalue weighted by molar-refractivity contribution is -0.126. The van der Waals surface area contributed by atoms with Gasteiger partial charge in [-0.2, -0.15) is 0 Å². The summed E-state index contributed by atoms with van der Waals surface area (Å²) in [6, 6.07) is 15.4. The summed E-state index contributed by atoms with van der Waals surface area (Å²) >= 11 is 0. The van der Waals surface area contributed by atoms with Crippen LogP contribution in [-0.2, 0) is 16.0 Å². The van der Waals surface area contributed by atoms with Gasteiger partial charge in [0.1, 0.15) is 5.75 Å². The van der Waals surface area contributed by atoms with E-state index in [1.54, 1.807) is 12.0 Å². The molecule has 0 spiro atoms. The molecule has 144 valence electrons. The second kappa shape index (κ2) is 7.76. The zero-order valence-electron chi connectivity index (χ0n) is 15.8. The van der Waals surface area contributed by atoms with Gasteiger partial charge < -0.3 is 19.9 Å². The molecule has 1 fully saturated rings. The van der Waals surface area contributed by atoms with Gasteiger partial charge in [-0.1, -0.05) is 18.2 Å². The molecule has 2 heterocycles. The molecule has 4 rings (SSSR count). The van der Waals surface area contributed by atoms with Crippen LogP contribution < -0.4 is 15.0 Å². The SMILES string of the molecule is COc1ccc(N2C[C@@H](C(=O)NCCc3c[nH]c4ccccc34)CC2=O)cc1. The largest absolute Gasteiger partial charge is 0.497 e. The van der Waals surface area contributed by atoms with Crippen LogP contribution in [-0.4, -0.2) is 37.0 Å². The van der Waals surface area contributed by atoms with E-state index in [0.29, 0.717) is 13.1 Å². The monoisotopic (exact) mass is 377 g/mol. The van der Waals surface area contributed by atoms with Crippen molar-refractivity contribution in [3.8, 4) is 5.75 Å². The zero-order valence-corrected chi connectivity index (χ0v) is 15.8. The molecular weight excluding hydrogens is 354 g/mol. The number of benzene rings is 2. The number of methoxy groups -OCH3 is 1. The van der Waals surface area contributed by atoms with E-state index >= 15 is 0 Å². The Morgan fingerprint density at radius 2 is 2.00 bits per heavy atom. The molecule has 2 N–H and O–H groups in total. The van der Waals surface area contributed by atoms with E-state index in [9.17, 15) is 9.59 Å². The first-order chi connectivity index (χ1) is 13.7. The van der Waals surface area contributed by atoms with Crippen LogP contribution in [0.1, 0.15) is 12.0 Å². The minimum Gasteiger partial charge on any atom is -0.497 e. The van der Waals surface area contributed by atoms with Crippen molar-refractivity contribution in [2.24, 2.45) is 5.92 Å². The van der Waals surface area contributed by atoms with E-state index in [0.717, 1.165) is 23.4 Å². The standard InChI is InChI=1S/C22H23N3O3/c1-28-18-8-6-17(7-9-18)25-14-16(12-21(25)26)22(27)23-11-10-15-13-24-20-5-3-2-4-19(15)20/h2-9,13,16,24H,10-12,14H2,1H3,(H,23,27)/t16-/m0/s1. The van der Waals surface area contributed by atoms with Gasteiger partial charge in [-0.25, -0.2) is 0 Å². The molecule has 3 aromatic rings. The number of nitrogens with one attached hydrogen (secondary N) is 2. The van der Waals surface area contributed by atoms with E-state index in [2.05, 4.69) is 16.4 Å². The summed E-state index contributed by atoms with van der Waals surface area (Å²) in [5, 5.41) is 4.17. The number of nitrogens with zero attached hydrogens (tertiary/aromatic N) is 1. The molecule has 0 aliphatic carbocycles. The summed E-state index contributed by atoms with van der Waals surface area (Å²) in [4.78, 5) is 29.8. The van der Waals surface area contributed by atoms with Crippen molar-refractivity contribution in [2.75, 3.05) is 25.1 Å². The fourth-order valence-electron chi connectivity index (χ4n) is 3.70. The molecule has 1 saturated heterocycles. The molecule has 6 nitrogen and oxygen atoms in total.